The predicted octanol–water partition coefficient (Wildman–Crippen LogP) is 2.10. The van der Waals surface area contributed by atoms with E-state index in [4.69, 9.17) is 11.6 Å². The summed E-state index contributed by atoms with van der Waals surface area (Å²) in [7, 11) is -4.32. The molecule has 0 aliphatic rings. The standard InChI is InChI=1S/C13H14ClNO4S/c14-7-10(16)8-15-11-5-1-3-9-4-2-6-12(13(9)11)20(17,18)19/h1-6,10,15-16H,7-8H2,(H,17,18,19). The first-order chi connectivity index (χ1) is 9.43. The summed E-state index contributed by atoms with van der Waals surface area (Å²) in [6.45, 7) is 0.183. The molecular weight excluding hydrogens is 302 g/mol. The van der Waals surface area contributed by atoms with Crippen LogP contribution in [0.3, 0.4) is 0 Å². The number of hydrogen-bond acceptors (Lipinski definition) is 4. The molecular formula is C13H14ClNO4S. The zero-order valence-electron chi connectivity index (χ0n) is 10.5. The van der Waals surface area contributed by atoms with E-state index >= 15 is 0 Å². The summed E-state index contributed by atoms with van der Waals surface area (Å²) in [6, 6.07) is 9.81. The average molecular weight is 316 g/mol. The third kappa shape index (κ3) is 3.21. The Morgan fingerprint density at radius 2 is 1.85 bits per heavy atom. The highest BCUT2D eigenvalue weighted by atomic mass is 35.5. The van der Waals surface area contributed by atoms with Crippen molar-refractivity contribution in [2.75, 3.05) is 17.7 Å². The number of nitrogens with one attached hydrogen (secondary N) is 1. The van der Waals surface area contributed by atoms with Gasteiger partial charge in [0.2, 0.25) is 0 Å². The molecule has 0 spiro atoms. The summed E-state index contributed by atoms with van der Waals surface area (Å²) in [5.41, 5.74) is 0.514. The monoisotopic (exact) mass is 315 g/mol. The van der Waals surface area contributed by atoms with Gasteiger partial charge in [0.25, 0.3) is 10.1 Å². The zero-order valence-corrected chi connectivity index (χ0v) is 12.0. The van der Waals surface area contributed by atoms with E-state index in [2.05, 4.69) is 5.32 Å². The fourth-order valence-corrected chi connectivity index (χ4v) is 2.80. The van der Waals surface area contributed by atoms with Gasteiger partial charge in [-0.15, -0.1) is 11.6 Å². The van der Waals surface area contributed by atoms with Crippen LogP contribution in [0.2, 0.25) is 0 Å². The molecule has 0 amide bonds. The van der Waals surface area contributed by atoms with Gasteiger partial charge in [-0.1, -0.05) is 24.3 Å². The molecule has 2 aromatic carbocycles. The average Bonchev–Trinajstić information content (AvgIpc) is 2.42. The minimum atomic E-state index is -4.32. The second-order valence-corrected chi connectivity index (χ2v) is 6.02. The minimum absolute atomic E-state index is 0.0723. The molecule has 0 aromatic heterocycles. The number of benzene rings is 2. The van der Waals surface area contributed by atoms with Crippen LogP contribution in [-0.4, -0.2) is 36.6 Å². The number of halogens is 1. The smallest absolute Gasteiger partial charge is 0.295 e. The highest BCUT2D eigenvalue weighted by molar-refractivity contribution is 7.86. The van der Waals surface area contributed by atoms with Crippen LogP contribution in [0.5, 0.6) is 0 Å². The number of aliphatic hydroxyl groups excluding tert-OH is 1. The first-order valence-corrected chi connectivity index (χ1v) is 7.88. The number of anilines is 1. The maximum Gasteiger partial charge on any atom is 0.295 e. The lowest BCUT2D eigenvalue weighted by Crippen LogP contribution is -2.21. The number of hydrogen-bond donors (Lipinski definition) is 3. The second-order valence-electron chi connectivity index (χ2n) is 4.32. The third-order valence-electron chi connectivity index (χ3n) is 2.85. The van der Waals surface area contributed by atoms with Gasteiger partial charge in [-0.05, 0) is 17.5 Å². The van der Waals surface area contributed by atoms with Crippen molar-refractivity contribution in [3.05, 3.63) is 36.4 Å². The number of fused-ring (bicyclic) bond motifs is 1. The second kappa shape index (κ2) is 5.97. The van der Waals surface area contributed by atoms with Gasteiger partial charge in [-0.2, -0.15) is 8.42 Å². The van der Waals surface area contributed by atoms with Gasteiger partial charge in [-0.3, -0.25) is 4.55 Å². The summed E-state index contributed by atoms with van der Waals surface area (Å²) in [4.78, 5) is -0.168. The lowest BCUT2D eigenvalue weighted by atomic mass is 10.1. The highest BCUT2D eigenvalue weighted by Crippen LogP contribution is 2.29. The van der Waals surface area contributed by atoms with Crippen molar-refractivity contribution in [3.8, 4) is 0 Å². The van der Waals surface area contributed by atoms with Gasteiger partial charge >= 0.3 is 0 Å². The van der Waals surface area contributed by atoms with E-state index in [1.807, 2.05) is 0 Å². The van der Waals surface area contributed by atoms with E-state index in [-0.39, 0.29) is 17.3 Å². The Balaban J connectivity index is 2.55. The maximum absolute atomic E-state index is 11.5. The zero-order chi connectivity index (χ0) is 14.8. The molecule has 7 heteroatoms. The van der Waals surface area contributed by atoms with Gasteiger partial charge in [0.1, 0.15) is 4.90 Å². The molecule has 2 rings (SSSR count). The number of rotatable bonds is 5. The van der Waals surface area contributed by atoms with Crippen LogP contribution in [0.25, 0.3) is 10.8 Å². The van der Waals surface area contributed by atoms with E-state index in [1.54, 1.807) is 30.3 Å². The van der Waals surface area contributed by atoms with Crippen molar-refractivity contribution in [1.82, 2.24) is 0 Å². The highest BCUT2D eigenvalue weighted by Gasteiger charge is 2.16. The molecule has 108 valence electrons. The Morgan fingerprint density at radius 3 is 2.45 bits per heavy atom. The molecule has 1 unspecified atom stereocenters. The van der Waals surface area contributed by atoms with E-state index in [0.717, 1.165) is 0 Å². The van der Waals surface area contributed by atoms with E-state index in [9.17, 15) is 18.1 Å². The SMILES string of the molecule is O=S(=O)(O)c1cccc2cccc(NCC(O)CCl)c12. The molecule has 0 bridgehead atoms. The van der Waals surface area contributed by atoms with Crippen LogP contribution in [0, 0.1) is 0 Å². The topological polar surface area (TPSA) is 86.6 Å². The van der Waals surface area contributed by atoms with Crippen LogP contribution in [-0.2, 0) is 10.1 Å². The molecule has 20 heavy (non-hydrogen) atoms. The lowest BCUT2D eigenvalue weighted by molar-refractivity contribution is 0.211. The summed E-state index contributed by atoms with van der Waals surface area (Å²) in [5.74, 6) is 0.0723. The Labute approximate surface area is 121 Å². The van der Waals surface area contributed by atoms with Crippen LogP contribution < -0.4 is 5.32 Å². The van der Waals surface area contributed by atoms with E-state index in [0.29, 0.717) is 16.5 Å². The largest absolute Gasteiger partial charge is 0.390 e. The van der Waals surface area contributed by atoms with Crippen LogP contribution in [0.15, 0.2) is 41.3 Å². The Hall–Kier alpha value is -1.34. The van der Waals surface area contributed by atoms with Gasteiger partial charge < -0.3 is 10.4 Å². The molecule has 0 aliphatic carbocycles. The van der Waals surface area contributed by atoms with Crippen molar-refractivity contribution in [2.45, 2.75) is 11.0 Å². The van der Waals surface area contributed by atoms with E-state index in [1.165, 1.54) is 6.07 Å². The lowest BCUT2D eigenvalue weighted by Gasteiger charge is -2.14. The number of alkyl halides is 1. The normalized spacial score (nSPS) is 13.3. The van der Waals surface area contributed by atoms with Crippen LogP contribution in [0.4, 0.5) is 5.69 Å². The Morgan fingerprint density at radius 1 is 1.20 bits per heavy atom. The first kappa shape index (κ1) is 15.1. The Kier molecular flexibility index (Phi) is 4.49. The molecule has 3 N–H and O–H groups in total. The summed E-state index contributed by atoms with van der Waals surface area (Å²) in [6.07, 6.45) is -0.746. The molecule has 0 aliphatic heterocycles. The Bertz CT molecular complexity index is 712. The third-order valence-corrected chi connectivity index (χ3v) is 4.10. The van der Waals surface area contributed by atoms with E-state index < -0.39 is 16.2 Å². The van der Waals surface area contributed by atoms with Crippen molar-refractivity contribution in [2.24, 2.45) is 0 Å². The first-order valence-electron chi connectivity index (χ1n) is 5.90. The number of aliphatic hydroxyl groups is 1. The molecule has 1 atom stereocenters. The molecule has 2 aromatic rings. The van der Waals surface area contributed by atoms with Gasteiger partial charge in [0.05, 0.1) is 12.0 Å². The predicted molar refractivity (Wildman–Crippen MR) is 79.0 cm³/mol. The van der Waals surface area contributed by atoms with Gasteiger partial charge in [0.15, 0.2) is 0 Å². The molecule has 0 heterocycles. The molecule has 0 saturated heterocycles. The molecule has 0 fully saturated rings. The maximum atomic E-state index is 11.5. The van der Waals surface area contributed by atoms with Crippen molar-refractivity contribution in [1.29, 1.82) is 0 Å². The molecule has 0 radical (unpaired) electrons. The summed E-state index contributed by atoms with van der Waals surface area (Å²) >= 11 is 5.51. The van der Waals surface area contributed by atoms with Crippen molar-refractivity contribution in [3.63, 3.8) is 0 Å². The van der Waals surface area contributed by atoms with Crippen molar-refractivity contribution >= 4 is 38.2 Å². The van der Waals surface area contributed by atoms with Crippen molar-refractivity contribution < 1.29 is 18.1 Å². The van der Waals surface area contributed by atoms with Gasteiger partial charge in [-0.25, -0.2) is 0 Å². The fourth-order valence-electron chi connectivity index (χ4n) is 1.95. The molecule has 5 nitrogen and oxygen atoms in total. The summed E-state index contributed by atoms with van der Waals surface area (Å²) in [5, 5.41) is 13.5. The minimum Gasteiger partial charge on any atom is -0.390 e. The van der Waals surface area contributed by atoms with Gasteiger partial charge in [0, 0.05) is 17.6 Å². The van der Waals surface area contributed by atoms with Crippen LogP contribution in [0.1, 0.15) is 0 Å². The van der Waals surface area contributed by atoms with Crippen LogP contribution >= 0.6 is 11.6 Å². The molecule has 0 saturated carbocycles. The summed E-state index contributed by atoms with van der Waals surface area (Å²) < 4.78 is 32.2. The fraction of sp³-hybridized carbons (Fsp3) is 0.231. The quantitative estimate of drug-likeness (QED) is 0.581.